The molecule has 0 atom stereocenters. The van der Waals surface area contributed by atoms with Crippen molar-refractivity contribution in [3.63, 3.8) is 0 Å². The largest absolute Gasteiger partial charge is 0.396 e. The Balaban J connectivity index is 2.87. The minimum Gasteiger partial charge on any atom is -0.396 e. The highest BCUT2D eigenvalue weighted by Crippen LogP contribution is 2.20. The van der Waals surface area contributed by atoms with Crippen LogP contribution >= 0.6 is 0 Å². The fourth-order valence-electron chi connectivity index (χ4n) is 1.82. The minimum absolute atomic E-state index is 0.210. The number of aliphatic hydroxyl groups is 1. The Morgan fingerprint density at radius 3 is 2.69 bits per heavy atom. The Labute approximate surface area is 96.7 Å². The molecule has 0 fully saturated rings. The lowest BCUT2D eigenvalue weighted by Crippen LogP contribution is -2.25. The number of hydrogen-bond donors (Lipinski definition) is 1. The van der Waals surface area contributed by atoms with Crippen LogP contribution in [0.5, 0.6) is 0 Å². The summed E-state index contributed by atoms with van der Waals surface area (Å²) in [6.45, 7) is 6.05. The summed E-state index contributed by atoms with van der Waals surface area (Å²) in [7, 11) is 0. The van der Waals surface area contributed by atoms with Gasteiger partial charge in [0.1, 0.15) is 6.29 Å². The van der Waals surface area contributed by atoms with E-state index in [1.807, 2.05) is 25.1 Å². The molecule has 0 unspecified atom stereocenters. The first kappa shape index (κ1) is 12.7. The summed E-state index contributed by atoms with van der Waals surface area (Å²) < 4.78 is 0. The number of nitrogens with zero attached hydrogens (tertiary/aromatic N) is 1. The monoisotopic (exact) mass is 221 g/mol. The summed E-state index contributed by atoms with van der Waals surface area (Å²) in [4.78, 5) is 12.8. The summed E-state index contributed by atoms with van der Waals surface area (Å²) in [5.74, 6) is 0. The number of rotatable bonds is 6. The summed E-state index contributed by atoms with van der Waals surface area (Å²) in [6, 6.07) is 5.70. The number of aryl methyl sites for hydroxylation is 1. The Hall–Kier alpha value is -1.35. The lowest BCUT2D eigenvalue weighted by Gasteiger charge is -2.24. The molecule has 0 aromatic heterocycles. The predicted octanol–water partition coefficient (Wildman–Crippen LogP) is 2.02. The molecule has 3 nitrogen and oxygen atoms in total. The van der Waals surface area contributed by atoms with Crippen molar-refractivity contribution in [3.05, 3.63) is 29.3 Å². The van der Waals surface area contributed by atoms with Crippen molar-refractivity contribution in [2.24, 2.45) is 0 Å². The molecule has 0 heterocycles. The Kier molecular flexibility index (Phi) is 4.99. The molecule has 0 aliphatic rings. The molecule has 1 rings (SSSR count). The molecule has 16 heavy (non-hydrogen) atoms. The van der Waals surface area contributed by atoms with E-state index in [0.29, 0.717) is 5.56 Å². The third-order valence-corrected chi connectivity index (χ3v) is 2.67. The second-order valence-corrected chi connectivity index (χ2v) is 3.82. The average molecular weight is 221 g/mol. The molecular weight excluding hydrogens is 202 g/mol. The van der Waals surface area contributed by atoms with E-state index in [0.717, 1.165) is 37.0 Å². The van der Waals surface area contributed by atoms with Gasteiger partial charge in [0.25, 0.3) is 0 Å². The maximum Gasteiger partial charge on any atom is 0.150 e. The molecule has 0 saturated carbocycles. The van der Waals surface area contributed by atoms with Crippen LogP contribution in [0.15, 0.2) is 18.2 Å². The number of aldehydes is 1. The molecule has 1 aromatic rings. The number of carbonyl (C=O) groups excluding carboxylic acids is 1. The molecule has 1 aromatic carbocycles. The van der Waals surface area contributed by atoms with Crippen molar-refractivity contribution in [2.45, 2.75) is 20.3 Å². The standard InChI is InChI=1S/C13H19NO2/c1-3-14(7-4-8-15)13-6-5-12(10-16)9-11(13)2/h5-6,9-10,15H,3-4,7-8H2,1-2H3. The number of hydrogen-bond acceptors (Lipinski definition) is 3. The molecule has 0 radical (unpaired) electrons. The summed E-state index contributed by atoms with van der Waals surface area (Å²) in [5, 5.41) is 8.84. The molecule has 0 bridgehead atoms. The Bertz CT molecular complexity index is 350. The van der Waals surface area contributed by atoms with Gasteiger partial charge in [0.05, 0.1) is 0 Å². The molecule has 0 saturated heterocycles. The lowest BCUT2D eigenvalue weighted by molar-refractivity contribution is 0.112. The van der Waals surface area contributed by atoms with Crippen LogP contribution in [0.2, 0.25) is 0 Å². The summed E-state index contributed by atoms with van der Waals surface area (Å²) in [5.41, 5.74) is 2.95. The van der Waals surface area contributed by atoms with E-state index in [2.05, 4.69) is 11.8 Å². The zero-order chi connectivity index (χ0) is 12.0. The van der Waals surface area contributed by atoms with Crippen molar-refractivity contribution >= 4 is 12.0 Å². The fraction of sp³-hybridized carbons (Fsp3) is 0.462. The van der Waals surface area contributed by atoms with Crippen LogP contribution in [0.4, 0.5) is 5.69 Å². The zero-order valence-corrected chi connectivity index (χ0v) is 9.94. The van der Waals surface area contributed by atoms with Crippen LogP contribution in [-0.4, -0.2) is 31.1 Å². The Morgan fingerprint density at radius 1 is 1.44 bits per heavy atom. The van der Waals surface area contributed by atoms with E-state index in [9.17, 15) is 4.79 Å². The van der Waals surface area contributed by atoms with Crippen LogP contribution in [0.25, 0.3) is 0 Å². The Morgan fingerprint density at radius 2 is 2.19 bits per heavy atom. The highest BCUT2D eigenvalue weighted by Gasteiger charge is 2.07. The number of benzene rings is 1. The zero-order valence-electron chi connectivity index (χ0n) is 9.94. The van der Waals surface area contributed by atoms with E-state index < -0.39 is 0 Å². The van der Waals surface area contributed by atoms with E-state index >= 15 is 0 Å². The first-order valence-corrected chi connectivity index (χ1v) is 5.64. The van der Waals surface area contributed by atoms with E-state index in [1.165, 1.54) is 0 Å². The van der Waals surface area contributed by atoms with Gasteiger partial charge in [-0.15, -0.1) is 0 Å². The van der Waals surface area contributed by atoms with Gasteiger partial charge >= 0.3 is 0 Å². The fourth-order valence-corrected chi connectivity index (χ4v) is 1.82. The van der Waals surface area contributed by atoms with E-state index in [4.69, 9.17) is 5.11 Å². The molecule has 1 N–H and O–H groups in total. The van der Waals surface area contributed by atoms with Crippen molar-refractivity contribution in [1.82, 2.24) is 0 Å². The second-order valence-electron chi connectivity index (χ2n) is 3.82. The van der Waals surface area contributed by atoms with Crippen LogP contribution in [0.1, 0.15) is 29.3 Å². The molecule has 3 heteroatoms. The van der Waals surface area contributed by atoms with Gasteiger partial charge in [0, 0.05) is 30.9 Å². The van der Waals surface area contributed by atoms with Crippen molar-refractivity contribution in [2.75, 3.05) is 24.6 Å². The van der Waals surface area contributed by atoms with Gasteiger partial charge in [0.15, 0.2) is 0 Å². The number of carbonyl (C=O) groups is 1. The van der Waals surface area contributed by atoms with Gasteiger partial charge in [-0.25, -0.2) is 0 Å². The van der Waals surface area contributed by atoms with Crippen LogP contribution in [0, 0.1) is 6.92 Å². The van der Waals surface area contributed by atoms with Crippen LogP contribution in [-0.2, 0) is 0 Å². The van der Waals surface area contributed by atoms with Gasteiger partial charge in [-0.05, 0) is 44.0 Å². The van der Waals surface area contributed by atoms with Gasteiger partial charge < -0.3 is 10.0 Å². The van der Waals surface area contributed by atoms with Gasteiger partial charge in [-0.3, -0.25) is 4.79 Å². The van der Waals surface area contributed by atoms with Crippen molar-refractivity contribution < 1.29 is 9.90 Å². The predicted molar refractivity (Wildman–Crippen MR) is 66.2 cm³/mol. The first-order valence-electron chi connectivity index (χ1n) is 5.64. The molecular formula is C13H19NO2. The smallest absolute Gasteiger partial charge is 0.150 e. The van der Waals surface area contributed by atoms with Crippen molar-refractivity contribution in [1.29, 1.82) is 0 Å². The lowest BCUT2D eigenvalue weighted by atomic mass is 10.1. The van der Waals surface area contributed by atoms with Crippen LogP contribution in [0.3, 0.4) is 0 Å². The molecule has 0 aliphatic heterocycles. The normalized spacial score (nSPS) is 10.2. The van der Waals surface area contributed by atoms with E-state index in [1.54, 1.807) is 0 Å². The van der Waals surface area contributed by atoms with E-state index in [-0.39, 0.29) is 6.61 Å². The number of aliphatic hydroxyl groups excluding tert-OH is 1. The number of anilines is 1. The minimum atomic E-state index is 0.210. The molecule has 88 valence electrons. The maximum absolute atomic E-state index is 10.6. The van der Waals surface area contributed by atoms with Gasteiger partial charge in [-0.1, -0.05) is 0 Å². The quantitative estimate of drug-likeness (QED) is 0.747. The van der Waals surface area contributed by atoms with Crippen molar-refractivity contribution in [3.8, 4) is 0 Å². The maximum atomic E-state index is 10.6. The second kappa shape index (κ2) is 6.28. The summed E-state index contributed by atoms with van der Waals surface area (Å²) in [6.07, 6.45) is 1.63. The third-order valence-electron chi connectivity index (χ3n) is 2.67. The first-order chi connectivity index (χ1) is 7.72. The van der Waals surface area contributed by atoms with Crippen LogP contribution < -0.4 is 4.90 Å². The molecule has 0 spiro atoms. The average Bonchev–Trinajstić information content (AvgIpc) is 2.31. The molecule has 0 aliphatic carbocycles. The summed E-state index contributed by atoms with van der Waals surface area (Å²) >= 11 is 0. The third kappa shape index (κ3) is 3.07. The highest BCUT2D eigenvalue weighted by molar-refractivity contribution is 5.76. The SMILES string of the molecule is CCN(CCCO)c1ccc(C=O)cc1C. The highest BCUT2D eigenvalue weighted by atomic mass is 16.3. The van der Waals surface area contributed by atoms with Gasteiger partial charge in [0.2, 0.25) is 0 Å². The molecule has 0 amide bonds. The van der Waals surface area contributed by atoms with Gasteiger partial charge in [-0.2, -0.15) is 0 Å². The topological polar surface area (TPSA) is 40.5 Å².